The molecule has 2 rings (SSSR count). The number of anilines is 1. The van der Waals surface area contributed by atoms with E-state index in [1.54, 1.807) is 24.3 Å². The van der Waals surface area contributed by atoms with Crippen molar-refractivity contribution in [1.82, 2.24) is 0 Å². The molecular formula is C14H19NO5S. The van der Waals surface area contributed by atoms with E-state index in [4.69, 9.17) is 9.84 Å². The molecule has 6 nitrogen and oxygen atoms in total. The molecule has 1 aliphatic rings. The van der Waals surface area contributed by atoms with Crippen molar-refractivity contribution < 1.29 is 23.1 Å². The van der Waals surface area contributed by atoms with Gasteiger partial charge in [-0.05, 0) is 31.9 Å². The summed E-state index contributed by atoms with van der Waals surface area (Å²) in [6.07, 6.45) is 1.18. The van der Waals surface area contributed by atoms with Crippen LogP contribution in [0.25, 0.3) is 0 Å². The van der Waals surface area contributed by atoms with Gasteiger partial charge in [-0.3, -0.25) is 9.10 Å². The van der Waals surface area contributed by atoms with Gasteiger partial charge in [0.1, 0.15) is 6.54 Å². The lowest BCUT2D eigenvalue weighted by Crippen LogP contribution is -2.40. The number of rotatable bonds is 6. The Balaban J connectivity index is 2.25. The van der Waals surface area contributed by atoms with Crippen molar-refractivity contribution in [2.75, 3.05) is 23.2 Å². The van der Waals surface area contributed by atoms with Gasteiger partial charge >= 0.3 is 5.97 Å². The maximum atomic E-state index is 12.5. The van der Waals surface area contributed by atoms with E-state index in [9.17, 15) is 13.2 Å². The summed E-state index contributed by atoms with van der Waals surface area (Å²) < 4.78 is 31.3. The Morgan fingerprint density at radius 2 is 2.05 bits per heavy atom. The van der Waals surface area contributed by atoms with Crippen LogP contribution in [0.5, 0.6) is 0 Å². The van der Waals surface area contributed by atoms with Crippen LogP contribution in [-0.2, 0) is 19.6 Å². The second-order valence-electron chi connectivity index (χ2n) is 5.15. The lowest BCUT2D eigenvalue weighted by molar-refractivity contribution is -0.135. The van der Waals surface area contributed by atoms with Gasteiger partial charge < -0.3 is 9.84 Å². The summed E-state index contributed by atoms with van der Waals surface area (Å²) >= 11 is 0. The summed E-state index contributed by atoms with van der Waals surface area (Å²) in [6.45, 7) is 1.86. The standard InChI is InChI=1S/C14H19NO5S/c1-11-4-6-12(7-5-11)15(9-14(16)17)21(18,19)10-13-3-2-8-20-13/h4-7,13H,2-3,8-10H2,1H3,(H,16,17). The Kier molecular flexibility index (Phi) is 4.84. The van der Waals surface area contributed by atoms with E-state index in [0.29, 0.717) is 18.7 Å². The number of aliphatic carboxylic acids is 1. The van der Waals surface area contributed by atoms with Crippen LogP contribution in [0.4, 0.5) is 5.69 Å². The molecule has 1 aliphatic heterocycles. The van der Waals surface area contributed by atoms with Crippen molar-refractivity contribution in [3.8, 4) is 0 Å². The number of carbonyl (C=O) groups is 1. The quantitative estimate of drug-likeness (QED) is 0.858. The first-order valence-electron chi connectivity index (χ1n) is 6.79. The SMILES string of the molecule is Cc1ccc(N(CC(=O)O)S(=O)(=O)CC2CCCO2)cc1. The molecule has 1 aromatic carbocycles. The summed E-state index contributed by atoms with van der Waals surface area (Å²) in [5, 5.41) is 8.99. The number of hydrogen-bond acceptors (Lipinski definition) is 4. The van der Waals surface area contributed by atoms with Crippen molar-refractivity contribution >= 4 is 21.7 Å². The highest BCUT2D eigenvalue weighted by atomic mass is 32.2. The lowest BCUT2D eigenvalue weighted by atomic mass is 10.2. The van der Waals surface area contributed by atoms with Gasteiger partial charge in [0.05, 0.1) is 17.5 Å². The molecule has 0 aliphatic carbocycles. The smallest absolute Gasteiger partial charge is 0.324 e. The number of benzene rings is 1. The molecule has 116 valence electrons. The van der Waals surface area contributed by atoms with E-state index < -0.39 is 22.5 Å². The second-order valence-corrected chi connectivity index (χ2v) is 7.09. The highest BCUT2D eigenvalue weighted by Gasteiger charge is 2.30. The van der Waals surface area contributed by atoms with Crippen LogP contribution in [0.2, 0.25) is 0 Å². The van der Waals surface area contributed by atoms with E-state index in [1.807, 2.05) is 6.92 Å². The molecule has 21 heavy (non-hydrogen) atoms. The molecule has 0 bridgehead atoms. The topological polar surface area (TPSA) is 83.9 Å². The number of aryl methyl sites for hydroxylation is 1. The third kappa shape index (κ3) is 4.18. The molecule has 7 heteroatoms. The maximum Gasteiger partial charge on any atom is 0.324 e. The van der Waals surface area contributed by atoms with Crippen LogP contribution in [0, 0.1) is 6.92 Å². The van der Waals surface area contributed by atoms with E-state index in [2.05, 4.69) is 0 Å². The molecule has 0 spiro atoms. The van der Waals surface area contributed by atoms with Gasteiger partial charge in [-0.15, -0.1) is 0 Å². The average molecular weight is 313 g/mol. The molecule has 0 aromatic heterocycles. The van der Waals surface area contributed by atoms with Gasteiger partial charge in [0.25, 0.3) is 0 Å². The van der Waals surface area contributed by atoms with Gasteiger partial charge in [0.2, 0.25) is 10.0 Å². The molecular weight excluding hydrogens is 294 g/mol. The van der Waals surface area contributed by atoms with Crippen molar-refractivity contribution in [2.45, 2.75) is 25.9 Å². The second kappa shape index (κ2) is 6.44. The van der Waals surface area contributed by atoms with Crippen molar-refractivity contribution in [1.29, 1.82) is 0 Å². The van der Waals surface area contributed by atoms with E-state index in [0.717, 1.165) is 16.3 Å². The van der Waals surface area contributed by atoms with Crippen molar-refractivity contribution in [3.63, 3.8) is 0 Å². The third-order valence-corrected chi connectivity index (χ3v) is 5.16. The zero-order valence-electron chi connectivity index (χ0n) is 11.9. The van der Waals surface area contributed by atoms with Gasteiger partial charge in [-0.1, -0.05) is 17.7 Å². The first kappa shape index (κ1) is 15.8. The van der Waals surface area contributed by atoms with Crippen LogP contribution in [0.1, 0.15) is 18.4 Å². The number of carboxylic acid groups (broad SMARTS) is 1. The maximum absolute atomic E-state index is 12.5. The summed E-state index contributed by atoms with van der Waals surface area (Å²) in [6, 6.07) is 6.74. The Morgan fingerprint density at radius 3 is 2.57 bits per heavy atom. The number of carboxylic acids is 1. The van der Waals surface area contributed by atoms with Crippen LogP contribution in [0.3, 0.4) is 0 Å². The molecule has 1 atom stereocenters. The number of sulfonamides is 1. The van der Waals surface area contributed by atoms with Gasteiger partial charge in [-0.25, -0.2) is 8.42 Å². The van der Waals surface area contributed by atoms with E-state index in [1.165, 1.54) is 0 Å². The van der Waals surface area contributed by atoms with Crippen LogP contribution in [-0.4, -0.2) is 44.5 Å². The van der Waals surface area contributed by atoms with Gasteiger partial charge in [0, 0.05) is 6.61 Å². The zero-order chi connectivity index (χ0) is 15.5. The first-order chi connectivity index (χ1) is 9.88. The van der Waals surface area contributed by atoms with Crippen LogP contribution < -0.4 is 4.31 Å². The minimum absolute atomic E-state index is 0.186. The monoisotopic (exact) mass is 313 g/mol. The van der Waals surface area contributed by atoms with Gasteiger partial charge in [-0.2, -0.15) is 0 Å². The Morgan fingerprint density at radius 1 is 1.38 bits per heavy atom. The predicted octanol–water partition coefficient (Wildman–Crippen LogP) is 1.39. The number of nitrogens with zero attached hydrogens (tertiary/aromatic N) is 1. The highest BCUT2D eigenvalue weighted by molar-refractivity contribution is 7.92. The summed E-state index contributed by atoms with van der Waals surface area (Å²) in [4.78, 5) is 11.0. The minimum atomic E-state index is -3.74. The fraction of sp³-hybridized carbons (Fsp3) is 0.500. The molecule has 1 fully saturated rings. The zero-order valence-corrected chi connectivity index (χ0v) is 12.7. The molecule has 0 saturated carbocycles. The molecule has 1 N–H and O–H groups in total. The molecule has 0 amide bonds. The summed E-state index contributed by atoms with van der Waals surface area (Å²) in [7, 11) is -3.74. The molecule has 0 radical (unpaired) electrons. The fourth-order valence-electron chi connectivity index (χ4n) is 2.28. The summed E-state index contributed by atoms with van der Waals surface area (Å²) in [5.74, 6) is -1.37. The normalized spacial score (nSPS) is 18.6. The first-order valence-corrected chi connectivity index (χ1v) is 8.40. The van der Waals surface area contributed by atoms with Crippen LogP contribution >= 0.6 is 0 Å². The minimum Gasteiger partial charge on any atom is -0.480 e. The van der Waals surface area contributed by atoms with Crippen molar-refractivity contribution in [2.24, 2.45) is 0 Å². The molecule has 1 unspecified atom stereocenters. The third-order valence-electron chi connectivity index (χ3n) is 3.36. The van der Waals surface area contributed by atoms with E-state index in [-0.39, 0.29) is 11.9 Å². The summed E-state index contributed by atoms with van der Waals surface area (Å²) in [5.41, 5.74) is 1.34. The highest BCUT2D eigenvalue weighted by Crippen LogP contribution is 2.22. The fourth-order valence-corrected chi connectivity index (χ4v) is 3.95. The van der Waals surface area contributed by atoms with Crippen molar-refractivity contribution in [3.05, 3.63) is 29.8 Å². The Bertz CT molecular complexity index is 590. The Labute approximate surface area is 124 Å². The molecule has 1 aromatic rings. The number of hydrogen-bond donors (Lipinski definition) is 1. The Hall–Kier alpha value is -1.60. The predicted molar refractivity (Wildman–Crippen MR) is 78.9 cm³/mol. The van der Waals surface area contributed by atoms with Gasteiger partial charge in [0.15, 0.2) is 0 Å². The molecule has 1 saturated heterocycles. The average Bonchev–Trinajstić information content (AvgIpc) is 2.89. The lowest BCUT2D eigenvalue weighted by Gasteiger charge is -2.24. The largest absolute Gasteiger partial charge is 0.480 e. The van der Waals surface area contributed by atoms with E-state index >= 15 is 0 Å². The van der Waals surface area contributed by atoms with Crippen LogP contribution in [0.15, 0.2) is 24.3 Å². The number of ether oxygens (including phenoxy) is 1. The molecule has 1 heterocycles.